The van der Waals surface area contributed by atoms with Gasteiger partial charge in [0, 0.05) is 37.4 Å². The van der Waals surface area contributed by atoms with Crippen LogP contribution in [0.2, 0.25) is 0 Å². The van der Waals surface area contributed by atoms with Crippen molar-refractivity contribution >= 4 is 11.6 Å². The maximum Gasteiger partial charge on any atom is 0.270 e. The van der Waals surface area contributed by atoms with E-state index in [1.165, 1.54) is 0 Å². The molecule has 0 radical (unpaired) electrons. The summed E-state index contributed by atoms with van der Waals surface area (Å²) in [4.78, 5) is 20.3. The number of aromatic nitrogens is 2. The third-order valence-corrected chi connectivity index (χ3v) is 3.16. The summed E-state index contributed by atoms with van der Waals surface area (Å²) < 4.78 is 0. The highest BCUT2D eigenvalue weighted by atomic mass is 16.1. The van der Waals surface area contributed by atoms with Gasteiger partial charge in [-0.25, -0.2) is 0 Å². The Hall–Kier alpha value is -2.43. The van der Waals surface area contributed by atoms with Gasteiger partial charge in [0.15, 0.2) is 0 Å². The standard InChI is InChI=1S/C16H20N4O/c1-3-6-18-14-5-8-19-15(9-14)16(21)20-11-13-10-17-7-4-12(13)2/h4-5,7-10H,3,6,11H2,1-2H3,(H,18,19)(H,20,21). The molecule has 0 bridgehead atoms. The van der Waals surface area contributed by atoms with Crippen molar-refractivity contribution in [1.82, 2.24) is 15.3 Å². The Morgan fingerprint density at radius 3 is 2.90 bits per heavy atom. The van der Waals surface area contributed by atoms with Gasteiger partial charge >= 0.3 is 0 Å². The van der Waals surface area contributed by atoms with Crippen LogP contribution >= 0.6 is 0 Å². The number of carbonyl (C=O) groups is 1. The molecule has 0 atom stereocenters. The number of pyridine rings is 2. The molecule has 0 aliphatic heterocycles. The zero-order chi connectivity index (χ0) is 15.1. The fourth-order valence-electron chi connectivity index (χ4n) is 1.88. The molecule has 2 aromatic rings. The van der Waals surface area contributed by atoms with Crippen molar-refractivity contribution in [2.45, 2.75) is 26.8 Å². The lowest BCUT2D eigenvalue weighted by molar-refractivity contribution is 0.0946. The van der Waals surface area contributed by atoms with Gasteiger partial charge in [0.05, 0.1) is 0 Å². The first-order valence-electron chi connectivity index (χ1n) is 7.08. The molecule has 2 rings (SSSR count). The number of rotatable bonds is 6. The fraction of sp³-hybridized carbons (Fsp3) is 0.312. The molecule has 0 unspecified atom stereocenters. The highest BCUT2D eigenvalue weighted by molar-refractivity contribution is 5.93. The van der Waals surface area contributed by atoms with E-state index in [4.69, 9.17) is 0 Å². The van der Waals surface area contributed by atoms with Crippen LogP contribution in [0.15, 0.2) is 36.8 Å². The highest BCUT2D eigenvalue weighted by Gasteiger charge is 2.08. The lowest BCUT2D eigenvalue weighted by Gasteiger charge is -2.08. The Kier molecular flexibility index (Phi) is 5.26. The molecule has 0 saturated heterocycles. The largest absolute Gasteiger partial charge is 0.385 e. The maximum atomic E-state index is 12.1. The first kappa shape index (κ1) is 15.0. The van der Waals surface area contributed by atoms with Crippen molar-refractivity contribution in [1.29, 1.82) is 0 Å². The van der Waals surface area contributed by atoms with Gasteiger partial charge in [0.1, 0.15) is 5.69 Å². The van der Waals surface area contributed by atoms with Crippen molar-refractivity contribution in [3.05, 3.63) is 53.6 Å². The Morgan fingerprint density at radius 1 is 1.29 bits per heavy atom. The van der Waals surface area contributed by atoms with Crippen LogP contribution < -0.4 is 10.6 Å². The second-order valence-corrected chi connectivity index (χ2v) is 4.84. The molecule has 110 valence electrons. The molecule has 2 aromatic heterocycles. The number of carbonyl (C=O) groups excluding carboxylic acids is 1. The Labute approximate surface area is 124 Å². The van der Waals surface area contributed by atoms with E-state index in [-0.39, 0.29) is 5.91 Å². The first-order valence-corrected chi connectivity index (χ1v) is 7.08. The number of hydrogen-bond acceptors (Lipinski definition) is 4. The number of hydrogen-bond donors (Lipinski definition) is 2. The van der Waals surface area contributed by atoms with Crippen molar-refractivity contribution in [3.8, 4) is 0 Å². The van der Waals surface area contributed by atoms with Crippen molar-refractivity contribution in [2.24, 2.45) is 0 Å². The van der Waals surface area contributed by atoms with Gasteiger partial charge in [0.25, 0.3) is 5.91 Å². The smallest absolute Gasteiger partial charge is 0.270 e. The number of nitrogens with zero attached hydrogens (tertiary/aromatic N) is 2. The van der Waals surface area contributed by atoms with Gasteiger partial charge in [-0.1, -0.05) is 6.92 Å². The topological polar surface area (TPSA) is 66.9 Å². The van der Waals surface area contributed by atoms with E-state index in [0.29, 0.717) is 12.2 Å². The summed E-state index contributed by atoms with van der Waals surface area (Å²) in [5.74, 6) is -0.182. The number of nitrogens with one attached hydrogen (secondary N) is 2. The Morgan fingerprint density at radius 2 is 2.14 bits per heavy atom. The Bertz CT molecular complexity index is 613. The maximum absolute atomic E-state index is 12.1. The van der Waals surface area contributed by atoms with Crippen LogP contribution in [0, 0.1) is 6.92 Å². The van der Waals surface area contributed by atoms with Crippen LogP contribution in [0.1, 0.15) is 35.0 Å². The second-order valence-electron chi connectivity index (χ2n) is 4.84. The van der Waals surface area contributed by atoms with Crippen LogP contribution in [-0.2, 0) is 6.54 Å². The lowest BCUT2D eigenvalue weighted by Crippen LogP contribution is -2.24. The zero-order valence-corrected chi connectivity index (χ0v) is 12.4. The lowest BCUT2D eigenvalue weighted by atomic mass is 10.1. The van der Waals surface area contributed by atoms with Gasteiger partial charge in [-0.3, -0.25) is 14.8 Å². The van der Waals surface area contributed by atoms with Gasteiger partial charge in [-0.15, -0.1) is 0 Å². The molecule has 0 aliphatic carbocycles. The van der Waals surface area contributed by atoms with Crippen LogP contribution in [-0.4, -0.2) is 22.4 Å². The quantitative estimate of drug-likeness (QED) is 0.855. The van der Waals surface area contributed by atoms with Crippen LogP contribution in [0.3, 0.4) is 0 Å². The van der Waals surface area contributed by atoms with E-state index in [9.17, 15) is 4.79 Å². The minimum Gasteiger partial charge on any atom is -0.385 e. The zero-order valence-electron chi connectivity index (χ0n) is 12.4. The predicted molar refractivity (Wildman–Crippen MR) is 83.2 cm³/mol. The van der Waals surface area contributed by atoms with Gasteiger partial charge in [0.2, 0.25) is 0 Å². The number of anilines is 1. The summed E-state index contributed by atoms with van der Waals surface area (Å²) in [6, 6.07) is 5.55. The molecule has 21 heavy (non-hydrogen) atoms. The summed E-state index contributed by atoms with van der Waals surface area (Å²) in [6.45, 7) is 5.42. The second kappa shape index (κ2) is 7.38. The molecule has 0 aromatic carbocycles. The molecule has 2 heterocycles. The summed E-state index contributed by atoms with van der Waals surface area (Å²) in [6.07, 6.45) is 6.18. The summed E-state index contributed by atoms with van der Waals surface area (Å²) >= 11 is 0. The number of aryl methyl sites for hydroxylation is 1. The summed E-state index contributed by atoms with van der Waals surface area (Å²) in [5, 5.41) is 6.11. The average Bonchev–Trinajstić information content (AvgIpc) is 2.52. The Balaban J connectivity index is 1.98. The molecule has 0 aliphatic rings. The van der Waals surface area contributed by atoms with E-state index in [2.05, 4.69) is 27.5 Å². The normalized spacial score (nSPS) is 10.2. The molecule has 0 saturated carbocycles. The molecule has 2 N–H and O–H groups in total. The van der Waals surface area contributed by atoms with Gasteiger partial charge in [-0.05, 0) is 42.7 Å². The molecule has 5 heteroatoms. The molecular formula is C16H20N4O. The molecule has 0 fully saturated rings. The predicted octanol–water partition coefficient (Wildman–Crippen LogP) is 2.54. The summed E-state index contributed by atoms with van der Waals surface area (Å²) in [5.41, 5.74) is 3.44. The van der Waals surface area contributed by atoms with E-state index >= 15 is 0 Å². The van der Waals surface area contributed by atoms with E-state index < -0.39 is 0 Å². The summed E-state index contributed by atoms with van der Waals surface area (Å²) in [7, 11) is 0. The van der Waals surface area contributed by atoms with Gasteiger partial charge in [-0.2, -0.15) is 0 Å². The van der Waals surface area contributed by atoms with Crippen molar-refractivity contribution < 1.29 is 4.79 Å². The third kappa shape index (κ3) is 4.27. The SMILES string of the molecule is CCCNc1ccnc(C(=O)NCc2cnccc2C)c1. The molecular weight excluding hydrogens is 264 g/mol. The van der Waals surface area contributed by atoms with Crippen LogP contribution in [0.4, 0.5) is 5.69 Å². The van der Waals surface area contributed by atoms with E-state index in [1.54, 1.807) is 24.7 Å². The first-order chi connectivity index (χ1) is 10.2. The fourth-order valence-corrected chi connectivity index (χ4v) is 1.88. The molecule has 0 spiro atoms. The molecule has 5 nitrogen and oxygen atoms in total. The van der Waals surface area contributed by atoms with Crippen molar-refractivity contribution in [3.63, 3.8) is 0 Å². The molecule has 1 amide bonds. The van der Waals surface area contributed by atoms with Gasteiger partial charge < -0.3 is 10.6 Å². The van der Waals surface area contributed by atoms with E-state index in [0.717, 1.165) is 29.8 Å². The minimum absolute atomic E-state index is 0.182. The average molecular weight is 284 g/mol. The van der Waals surface area contributed by atoms with Crippen LogP contribution in [0.25, 0.3) is 0 Å². The third-order valence-electron chi connectivity index (χ3n) is 3.16. The van der Waals surface area contributed by atoms with Crippen molar-refractivity contribution in [2.75, 3.05) is 11.9 Å². The van der Waals surface area contributed by atoms with E-state index in [1.807, 2.05) is 19.1 Å². The van der Waals surface area contributed by atoms with Crippen LogP contribution in [0.5, 0.6) is 0 Å². The highest BCUT2D eigenvalue weighted by Crippen LogP contribution is 2.09. The number of amides is 1. The monoisotopic (exact) mass is 284 g/mol. The minimum atomic E-state index is -0.182.